The van der Waals surface area contributed by atoms with E-state index in [0.717, 1.165) is 18.8 Å². The van der Waals surface area contributed by atoms with E-state index in [2.05, 4.69) is 9.88 Å². The van der Waals surface area contributed by atoms with Gasteiger partial charge in [-0.15, -0.1) is 0 Å². The van der Waals surface area contributed by atoms with E-state index in [1.54, 1.807) is 6.20 Å². The van der Waals surface area contributed by atoms with Crippen molar-refractivity contribution in [1.82, 2.24) is 14.8 Å². The molecule has 2 atom stereocenters. The van der Waals surface area contributed by atoms with Crippen molar-refractivity contribution in [3.63, 3.8) is 0 Å². The van der Waals surface area contributed by atoms with Gasteiger partial charge in [-0.25, -0.2) is 0 Å². The Labute approximate surface area is 151 Å². The molecule has 0 unspecified atom stereocenters. The normalized spacial score (nSPS) is 25.1. The fraction of sp³-hybridized carbons (Fsp3) is 0.700. The number of aliphatic hydroxyl groups excluding tert-OH is 1. The van der Waals surface area contributed by atoms with Gasteiger partial charge < -0.3 is 14.9 Å². The fourth-order valence-corrected chi connectivity index (χ4v) is 4.15. The Kier molecular flexibility index (Phi) is 6.82. The minimum atomic E-state index is 0.183. The Morgan fingerprint density at radius 3 is 2.56 bits per heavy atom. The Bertz CT molecular complexity index is 529. The molecule has 2 aliphatic heterocycles. The van der Waals surface area contributed by atoms with Crippen LogP contribution in [0.25, 0.3) is 0 Å². The van der Waals surface area contributed by atoms with Crippen molar-refractivity contribution >= 4 is 5.91 Å². The monoisotopic (exact) mass is 345 g/mol. The molecule has 1 aromatic heterocycles. The second kappa shape index (κ2) is 9.30. The van der Waals surface area contributed by atoms with Crippen molar-refractivity contribution < 1.29 is 9.90 Å². The van der Waals surface area contributed by atoms with Gasteiger partial charge in [0, 0.05) is 50.5 Å². The van der Waals surface area contributed by atoms with Crippen LogP contribution in [0.2, 0.25) is 0 Å². The van der Waals surface area contributed by atoms with Gasteiger partial charge in [0.15, 0.2) is 0 Å². The summed E-state index contributed by atoms with van der Waals surface area (Å²) in [5.74, 6) is 0.825. The first-order valence-corrected chi connectivity index (χ1v) is 9.77. The van der Waals surface area contributed by atoms with Crippen LogP contribution in [0.15, 0.2) is 24.4 Å². The maximum Gasteiger partial charge on any atom is 0.222 e. The summed E-state index contributed by atoms with van der Waals surface area (Å²) in [7, 11) is 0. The van der Waals surface area contributed by atoms with E-state index in [-0.39, 0.29) is 18.4 Å². The number of likely N-dealkylation sites (tertiary alicyclic amines) is 2. The summed E-state index contributed by atoms with van der Waals surface area (Å²) in [4.78, 5) is 21.4. The van der Waals surface area contributed by atoms with Crippen LogP contribution in [0.1, 0.15) is 37.8 Å². The molecular weight excluding hydrogens is 314 g/mol. The average Bonchev–Trinajstić information content (AvgIpc) is 2.87. The third kappa shape index (κ3) is 5.25. The van der Waals surface area contributed by atoms with Crippen LogP contribution in [-0.4, -0.2) is 65.1 Å². The summed E-state index contributed by atoms with van der Waals surface area (Å²) < 4.78 is 0. The molecule has 0 bridgehead atoms. The van der Waals surface area contributed by atoms with Gasteiger partial charge in [-0.3, -0.25) is 9.78 Å². The molecule has 5 heteroatoms. The molecule has 1 aromatic rings. The SMILES string of the molecule is O=C(CCc1ccccn1)N1C[C@@H](CO)[C@@H](CN2CCCCCC2)C1. The lowest BCUT2D eigenvalue weighted by molar-refractivity contribution is -0.130. The molecule has 0 spiro atoms. The molecule has 1 amide bonds. The molecular formula is C20H31N3O2. The summed E-state index contributed by atoms with van der Waals surface area (Å²) in [5, 5.41) is 9.76. The lowest BCUT2D eigenvalue weighted by Crippen LogP contribution is -2.35. The first kappa shape index (κ1) is 18.3. The molecule has 0 aliphatic carbocycles. The van der Waals surface area contributed by atoms with Crippen molar-refractivity contribution in [2.75, 3.05) is 39.3 Å². The zero-order valence-corrected chi connectivity index (χ0v) is 15.1. The summed E-state index contributed by atoms with van der Waals surface area (Å²) in [6.45, 7) is 5.04. The highest BCUT2D eigenvalue weighted by Crippen LogP contribution is 2.26. The standard InChI is InChI=1S/C20H31N3O2/c24-16-18-15-23(20(25)9-8-19-7-3-4-10-21-19)14-17(18)13-22-11-5-1-2-6-12-22/h3-4,7,10,17-18,24H,1-2,5-6,8-9,11-16H2/t17-,18-/m0/s1. The lowest BCUT2D eigenvalue weighted by atomic mass is 9.96. The molecule has 3 rings (SSSR count). The zero-order valence-electron chi connectivity index (χ0n) is 15.1. The molecule has 0 radical (unpaired) electrons. The average molecular weight is 345 g/mol. The number of aromatic nitrogens is 1. The third-order valence-electron chi connectivity index (χ3n) is 5.68. The molecule has 2 aliphatic rings. The molecule has 2 saturated heterocycles. The zero-order chi connectivity index (χ0) is 17.5. The number of pyridine rings is 1. The largest absolute Gasteiger partial charge is 0.396 e. The molecule has 1 N–H and O–H groups in total. The van der Waals surface area contributed by atoms with Crippen molar-refractivity contribution in [1.29, 1.82) is 0 Å². The minimum Gasteiger partial charge on any atom is -0.396 e. The number of amides is 1. The molecule has 138 valence electrons. The molecule has 3 heterocycles. The summed E-state index contributed by atoms with van der Waals surface area (Å²) in [5.41, 5.74) is 0.967. The smallest absolute Gasteiger partial charge is 0.222 e. The fourth-order valence-electron chi connectivity index (χ4n) is 4.15. The summed E-state index contributed by atoms with van der Waals surface area (Å²) in [6, 6.07) is 5.82. The molecule has 5 nitrogen and oxygen atoms in total. The maximum atomic E-state index is 12.6. The lowest BCUT2D eigenvalue weighted by Gasteiger charge is -2.26. The number of carbonyl (C=O) groups is 1. The van der Waals surface area contributed by atoms with E-state index in [1.165, 1.54) is 38.8 Å². The topological polar surface area (TPSA) is 56.7 Å². The number of nitrogens with zero attached hydrogens (tertiary/aromatic N) is 3. The molecule has 25 heavy (non-hydrogen) atoms. The maximum absolute atomic E-state index is 12.6. The van der Waals surface area contributed by atoms with E-state index < -0.39 is 0 Å². The Hall–Kier alpha value is -1.46. The van der Waals surface area contributed by atoms with Crippen molar-refractivity contribution in [2.24, 2.45) is 11.8 Å². The van der Waals surface area contributed by atoms with Gasteiger partial charge >= 0.3 is 0 Å². The highest BCUT2D eigenvalue weighted by atomic mass is 16.3. The summed E-state index contributed by atoms with van der Waals surface area (Å²) >= 11 is 0. The highest BCUT2D eigenvalue weighted by Gasteiger charge is 2.35. The molecule has 2 fully saturated rings. The minimum absolute atomic E-state index is 0.183. The number of hydrogen-bond donors (Lipinski definition) is 1. The van der Waals surface area contributed by atoms with Crippen LogP contribution >= 0.6 is 0 Å². The van der Waals surface area contributed by atoms with E-state index >= 15 is 0 Å². The van der Waals surface area contributed by atoms with E-state index in [4.69, 9.17) is 0 Å². The number of rotatable bonds is 6. The van der Waals surface area contributed by atoms with E-state index in [0.29, 0.717) is 25.3 Å². The van der Waals surface area contributed by atoms with Gasteiger partial charge in [-0.05, 0) is 50.4 Å². The van der Waals surface area contributed by atoms with Gasteiger partial charge in [0.2, 0.25) is 5.91 Å². The van der Waals surface area contributed by atoms with Crippen LogP contribution < -0.4 is 0 Å². The predicted molar refractivity (Wildman–Crippen MR) is 98.1 cm³/mol. The number of carbonyl (C=O) groups excluding carboxylic acids is 1. The van der Waals surface area contributed by atoms with Crippen LogP contribution in [0.3, 0.4) is 0 Å². The Balaban J connectivity index is 1.50. The quantitative estimate of drug-likeness (QED) is 0.856. The first-order chi connectivity index (χ1) is 12.3. The number of aryl methyl sites for hydroxylation is 1. The van der Waals surface area contributed by atoms with Crippen molar-refractivity contribution in [3.8, 4) is 0 Å². The Morgan fingerprint density at radius 2 is 1.88 bits per heavy atom. The number of aliphatic hydroxyl groups is 1. The van der Waals surface area contributed by atoms with Crippen LogP contribution in [-0.2, 0) is 11.2 Å². The Morgan fingerprint density at radius 1 is 1.12 bits per heavy atom. The summed E-state index contributed by atoms with van der Waals surface area (Å²) in [6.07, 6.45) is 8.20. The molecule has 0 saturated carbocycles. The van der Waals surface area contributed by atoms with E-state index in [9.17, 15) is 9.90 Å². The van der Waals surface area contributed by atoms with Gasteiger partial charge in [-0.1, -0.05) is 18.9 Å². The second-order valence-electron chi connectivity index (χ2n) is 7.54. The van der Waals surface area contributed by atoms with Crippen LogP contribution in [0, 0.1) is 11.8 Å². The molecule has 0 aromatic carbocycles. The van der Waals surface area contributed by atoms with Gasteiger partial charge in [-0.2, -0.15) is 0 Å². The number of hydrogen-bond acceptors (Lipinski definition) is 4. The second-order valence-corrected chi connectivity index (χ2v) is 7.54. The van der Waals surface area contributed by atoms with E-state index in [1.807, 2.05) is 23.1 Å². The van der Waals surface area contributed by atoms with Crippen molar-refractivity contribution in [3.05, 3.63) is 30.1 Å². The van der Waals surface area contributed by atoms with Crippen LogP contribution in [0.5, 0.6) is 0 Å². The predicted octanol–water partition coefficient (Wildman–Crippen LogP) is 1.96. The van der Waals surface area contributed by atoms with Gasteiger partial charge in [0.25, 0.3) is 0 Å². The van der Waals surface area contributed by atoms with Crippen molar-refractivity contribution in [2.45, 2.75) is 38.5 Å². The first-order valence-electron chi connectivity index (χ1n) is 9.77. The third-order valence-corrected chi connectivity index (χ3v) is 5.68. The highest BCUT2D eigenvalue weighted by molar-refractivity contribution is 5.76. The van der Waals surface area contributed by atoms with Gasteiger partial charge in [0.05, 0.1) is 0 Å². The van der Waals surface area contributed by atoms with Crippen LogP contribution in [0.4, 0.5) is 0 Å². The van der Waals surface area contributed by atoms with Gasteiger partial charge in [0.1, 0.15) is 0 Å².